The van der Waals surface area contributed by atoms with Crippen molar-refractivity contribution in [3.05, 3.63) is 39.8 Å². The normalized spacial score (nSPS) is 12.2. The number of thiazole rings is 1. The maximum absolute atomic E-state index is 5.48. The summed E-state index contributed by atoms with van der Waals surface area (Å²) in [6.45, 7) is 2.02. The van der Waals surface area contributed by atoms with E-state index < -0.39 is 0 Å². The van der Waals surface area contributed by atoms with Crippen molar-refractivity contribution in [2.75, 3.05) is 21.3 Å². The predicted octanol–water partition coefficient (Wildman–Crippen LogP) is 2.97. The summed E-state index contributed by atoms with van der Waals surface area (Å²) in [5.74, 6) is 1.63. The number of aromatic nitrogens is 1. The molecule has 2 aromatic rings. The molecular weight excluding hydrogens is 272 g/mol. The van der Waals surface area contributed by atoms with Gasteiger partial charge in [-0.05, 0) is 20.0 Å². The van der Waals surface area contributed by atoms with E-state index in [2.05, 4.69) is 15.7 Å². The molecule has 1 atom stereocenters. The summed E-state index contributed by atoms with van der Waals surface area (Å²) >= 11 is 1.68. The zero-order valence-corrected chi connectivity index (χ0v) is 13.1. The lowest BCUT2D eigenvalue weighted by Crippen LogP contribution is -2.19. The van der Waals surface area contributed by atoms with Crippen molar-refractivity contribution in [2.45, 2.75) is 19.4 Å². The molecule has 1 heterocycles. The van der Waals surface area contributed by atoms with Crippen LogP contribution in [0.2, 0.25) is 0 Å². The van der Waals surface area contributed by atoms with Crippen molar-refractivity contribution >= 4 is 11.3 Å². The number of ether oxygens (including phenoxy) is 2. The number of methoxy groups -OCH3 is 2. The quantitative estimate of drug-likeness (QED) is 0.889. The van der Waals surface area contributed by atoms with Gasteiger partial charge in [0.2, 0.25) is 0 Å². The molecule has 2 rings (SSSR count). The van der Waals surface area contributed by atoms with Gasteiger partial charge in [0.1, 0.15) is 11.5 Å². The Labute approximate surface area is 123 Å². The average Bonchev–Trinajstić information content (AvgIpc) is 2.89. The molecule has 0 spiro atoms. The highest BCUT2D eigenvalue weighted by atomic mass is 32.1. The molecule has 1 N–H and O–H groups in total. The molecule has 0 fully saturated rings. The Morgan fingerprint density at radius 2 is 2.10 bits per heavy atom. The van der Waals surface area contributed by atoms with Crippen molar-refractivity contribution in [3.63, 3.8) is 0 Å². The van der Waals surface area contributed by atoms with Gasteiger partial charge in [-0.1, -0.05) is 6.07 Å². The van der Waals surface area contributed by atoms with Crippen LogP contribution in [-0.2, 0) is 6.42 Å². The molecule has 1 unspecified atom stereocenters. The average molecular weight is 292 g/mol. The van der Waals surface area contributed by atoms with Gasteiger partial charge in [-0.15, -0.1) is 11.3 Å². The predicted molar refractivity (Wildman–Crippen MR) is 81.9 cm³/mol. The first kappa shape index (κ1) is 14.8. The molecule has 0 bridgehead atoms. The second-order valence-corrected chi connectivity index (χ2v) is 5.57. The number of hydrogen-bond acceptors (Lipinski definition) is 5. The summed E-state index contributed by atoms with van der Waals surface area (Å²) in [6.07, 6.45) is 0.837. The van der Waals surface area contributed by atoms with E-state index in [0.29, 0.717) is 0 Å². The second-order valence-electron chi connectivity index (χ2n) is 4.51. The van der Waals surface area contributed by atoms with Crippen molar-refractivity contribution < 1.29 is 9.47 Å². The lowest BCUT2D eigenvalue weighted by atomic mass is 10.0. The van der Waals surface area contributed by atoms with Gasteiger partial charge in [0, 0.05) is 29.5 Å². The van der Waals surface area contributed by atoms with Gasteiger partial charge in [-0.3, -0.25) is 0 Å². The van der Waals surface area contributed by atoms with Crippen LogP contribution in [0, 0.1) is 6.92 Å². The summed E-state index contributed by atoms with van der Waals surface area (Å²) in [5, 5.41) is 6.53. The Kier molecular flexibility index (Phi) is 4.98. The first-order valence-corrected chi connectivity index (χ1v) is 7.36. The molecule has 0 saturated carbocycles. The molecule has 0 radical (unpaired) electrons. The topological polar surface area (TPSA) is 43.4 Å². The molecule has 20 heavy (non-hydrogen) atoms. The SMILES string of the molecule is CNC(Cc1csc(C)n1)c1ccc(OC)cc1OC. The minimum absolute atomic E-state index is 0.164. The van der Waals surface area contributed by atoms with Crippen molar-refractivity contribution in [3.8, 4) is 11.5 Å². The fraction of sp³-hybridized carbons (Fsp3) is 0.400. The third kappa shape index (κ3) is 3.29. The van der Waals surface area contributed by atoms with Crippen LogP contribution in [0.5, 0.6) is 11.5 Å². The minimum Gasteiger partial charge on any atom is -0.497 e. The zero-order chi connectivity index (χ0) is 14.5. The number of hydrogen-bond donors (Lipinski definition) is 1. The van der Waals surface area contributed by atoms with Gasteiger partial charge in [-0.25, -0.2) is 4.98 Å². The smallest absolute Gasteiger partial charge is 0.127 e. The van der Waals surface area contributed by atoms with Crippen molar-refractivity contribution in [1.82, 2.24) is 10.3 Å². The van der Waals surface area contributed by atoms with E-state index in [-0.39, 0.29) is 6.04 Å². The highest BCUT2D eigenvalue weighted by Gasteiger charge is 2.17. The number of nitrogens with zero attached hydrogens (tertiary/aromatic N) is 1. The molecule has 0 aliphatic rings. The van der Waals surface area contributed by atoms with Crippen molar-refractivity contribution in [1.29, 1.82) is 0 Å². The Balaban J connectivity index is 2.26. The van der Waals surface area contributed by atoms with Crippen LogP contribution < -0.4 is 14.8 Å². The molecule has 1 aromatic carbocycles. The van der Waals surface area contributed by atoms with E-state index in [1.165, 1.54) is 0 Å². The van der Waals surface area contributed by atoms with Gasteiger partial charge >= 0.3 is 0 Å². The van der Waals surface area contributed by atoms with E-state index in [1.807, 2.05) is 32.2 Å². The summed E-state index contributed by atoms with van der Waals surface area (Å²) < 4.78 is 10.7. The number of nitrogens with one attached hydrogen (secondary N) is 1. The summed E-state index contributed by atoms with van der Waals surface area (Å²) in [5.41, 5.74) is 2.21. The monoisotopic (exact) mass is 292 g/mol. The van der Waals surface area contributed by atoms with Crippen LogP contribution in [0.1, 0.15) is 22.3 Å². The second kappa shape index (κ2) is 6.72. The van der Waals surface area contributed by atoms with Gasteiger partial charge in [-0.2, -0.15) is 0 Å². The molecule has 1 aromatic heterocycles. The molecular formula is C15H20N2O2S. The molecule has 0 aliphatic carbocycles. The Bertz CT molecular complexity index is 569. The molecule has 4 nitrogen and oxygen atoms in total. The Hall–Kier alpha value is -1.59. The van der Waals surface area contributed by atoms with Gasteiger partial charge in [0.05, 0.1) is 24.9 Å². The highest BCUT2D eigenvalue weighted by Crippen LogP contribution is 2.31. The van der Waals surface area contributed by atoms with E-state index in [9.17, 15) is 0 Å². The van der Waals surface area contributed by atoms with Crippen LogP contribution >= 0.6 is 11.3 Å². The van der Waals surface area contributed by atoms with Gasteiger partial charge in [0.25, 0.3) is 0 Å². The third-order valence-electron chi connectivity index (χ3n) is 3.24. The maximum Gasteiger partial charge on any atom is 0.127 e. The zero-order valence-electron chi connectivity index (χ0n) is 12.3. The van der Waals surface area contributed by atoms with Gasteiger partial charge in [0.15, 0.2) is 0 Å². The lowest BCUT2D eigenvalue weighted by Gasteiger charge is -2.19. The largest absolute Gasteiger partial charge is 0.497 e. The number of rotatable bonds is 6. The summed E-state index contributed by atoms with van der Waals surface area (Å²) in [7, 11) is 5.29. The Morgan fingerprint density at radius 1 is 1.30 bits per heavy atom. The Morgan fingerprint density at radius 3 is 2.65 bits per heavy atom. The lowest BCUT2D eigenvalue weighted by molar-refractivity contribution is 0.385. The molecule has 0 aliphatic heterocycles. The fourth-order valence-corrected chi connectivity index (χ4v) is 2.81. The van der Waals surface area contributed by atoms with Crippen LogP contribution in [0.15, 0.2) is 23.6 Å². The minimum atomic E-state index is 0.164. The van der Waals surface area contributed by atoms with Crippen LogP contribution in [0.4, 0.5) is 0 Å². The van der Waals surface area contributed by atoms with Crippen LogP contribution in [-0.4, -0.2) is 26.3 Å². The van der Waals surface area contributed by atoms with Gasteiger partial charge < -0.3 is 14.8 Å². The first-order chi connectivity index (χ1) is 9.67. The highest BCUT2D eigenvalue weighted by molar-refractivity contribution is 7.09. The summed E-state index contributed by atoms with van der Waals surface area (Å²) in [4.78, 5) is 4.53. The number of benzene rings is 1. The third-order valence-corrected chi connectivity index (χ3v) is 4.07. The number of aryl methyl sites for hydroxylation is 1. The molecule has 0 amide bonds. The van der Waals surface area contributed by atoms with E-state index in [4.69, 9.17) is 9.47 Å². The van der Waals surface area contributed by atoms with Crippen molar-refractivity contribution in [2.24, 2.45) is 0 Å². The standard InChI is InChI=1S/C15H20N2O2S/c1-10-17-11(9-20-10)7-14(16-2)13-6-5-12(18-3)8-15(13)19-4/h5-6,8-9,14,16H,7H2,1-4H3. The summed E-state index contributed by atoms with van der Waals surface area (Å²) in [6, 6.07) is 6.07. The fourth-order valence-electron chi connectivity index (χ4n) is 2.18. The van der Waals surface area contributed by atoms with Crippen LogP contribution in [0.3, 0.4) is 0 Å². The maximum atomic E-state index is 5.48. The van der Waals surface area contributed by atoms with E-state index in [1.54, 1.807) is 25.6 Å². The first-order valence-electron chi connectivity index (χ1n) is 6.48. The van der Waals surface area contributed by atoms with E-state index >= 15 is 0 Å². The molecule has 108 valence electrons. The van der Waals surface area contributed by atoms with E-state index in [0.717, 1.165) is 34.2 Å². The van der Waals surface area contributed by atoms with Crippen LogP contribution in [0.25, 0.3) is 0 Å². The molecule has 5 heteroatoms. The molecule has 0 saturated heterocycles. The number of likely N-dealkylation sites (N-methyl/N-ethyl adjacent to an activating group) is 1.